The smallest absolute Gasteiger partial charge is 0.332 e. The average Bonchev–Trinajstić information content (AvgIpc) is 2.91. The molecule has 0 saturated carbocycles. The zero-order chi connectivity index (χ0) is 15.4. The van der Waals surface area contributed by atoms with Crippen molar-refractivity contribution in [3.05, 3.63) is 27.2 Å². The number of nitrogens with zero attached hydrogens (tertiary/aromatic N) is 4. The van der Waals surface area contributed by atoms with Crippen LogP contribution in [-0.4, -0.2) is 38.9 Å². The van der Waals surface area contributed by atoms with Crippen molar-refractivity contribution in [1.82, 2.24) is 18.7 Å². The third-order valence-electron chi connectivity index (χ3n) is 3.41. The molecule has 21 heavy (non-hydrogen) atoms. The van der Waals surface area contributed by atoms with Crippen molar-refractivity contribution in [3.8, 4) is 0 Å². The number of rotatable bonds is 7. The molecule has 0 amide bonds. The fraction of sp³-hybridized carbons (Fsp3) is 0.615. The monoisotopic (exact) mass is 295 g/mol. The molecule has 0 radical (unpaired) electrons. The zero-order valence-electron chi connectivity index (χ0n) is 12.4. The average molecular weight is 295 g/mol. The number of fused-ring (bicyclic) bond motifs is 1. The van der Waals surface area contributed by atoms with E-state index >= 15 is 0 Å². The van der Waals surface area contributed by atoms with Gasteiger partial charge in [-0.2, -0.15) is 0 Å². The molecule has 8 heteroatoms. The highest BCUT2D eigenvalue weighted by molar-refractivity contribution is 5.70. The Morgan fingerprint density at radius 2 is 2.05 bits per heavy atom. The topological polar surface area (TPSA) is 97.1 Å². The van der Waals surface area contributed by atoms with Gasteiger partial charge >= 0.3 is 5.69 Å². The fourth-order valence-corrected chi connectivity index (χ4v) is 2.37. The van der Waals surface area contributed by atoms with E-state index in [1.807, 2.05) is 6.92 Å². The van der Waals surface area contributed by atoms with Gasteiger partial charge in [0.05, 0.1) is 6.33 Å². The van der Waals surface area contributed by atoms with Crippen molar-refractivity contribution < 1.29 is 4.74 Å². The summed E-state index contributed by atoms with van der Waals surface area (Å²) in [6.45, 7) is 3.97. The van der Waals surface area contributed by atoms with Crippen LogP contribution in [-0.2, 0) is 24.4 Å². The first-order valence-electron chi connectivity index (χ1n) is 7.03. The van der Waals surface area contributed by atoms with E-state index in [1.54, 1.807) is 18.0 Å². The second-order valence-electron chi connectivity index (χ2n) is 4.73. The summed E-state index contributed by atoms with van der Waals surface area (Å²) in [5.74, 6) is 0. The van der Waals surface area contributed by atoms with E-state index in [2.05, 4.69) is 4.98 Å². The van der Waals surface area contributed by atoms with E-state index in [0.29, 0.717) is 37.3 Å². The summed E-state index contributed by atoms with van der Waals surface area (Å²) in [5, 5.41) is 0. The molecule has 8 nitrogen and oxygen atoms in total. The summed E-state index contributed by atoms with van der Waals surface area (Å²) in [6.07, 6.45) is 2.26. The number of aryl methyl sites for hydroxylation is 2. The molecule has 2 N–H and O–H groups in total. The fourth-order valence-electron chi connectivity index (χ4n) is 2.37. The maximum Gasteiger partial charge on any atom is 0.332 e. The van der Waals surface area contributed by atoms with Crippen LogP contribution in [0.15, 0.2) is 15.9 Å². The molecule has 2 aromatic heterocycles. The molecular weight excluding hydrogens is 274 g/mol. The summed E-state index contributed by atoms with van der Waals surface area (Å²) in [7, 11) is 1.61. The minimum absolute atomic E-state index is 0.201. The minimum atomic E-state index is -0.365. The van der Waals surface area contributed by atoms with Gasteiger partial charge in [-0.05, 0) is 13.3 Å². The molecule has 0 spiro atoms. The molecule has 2 heterocycles. The SMILES string of the molecule is CCn1cnc2c1c(=O)n(CCN)c(=O)n2CCCOC. The highest BCUT2D eigenvalue weighted by Gasteiger charge is 2.16. The Balaban J connectivity index is 2.67. The number of hydrogen-bond acceptors (Lipinski definition) is 5. The van der Waals surface area contributed by atoms with Gasteiger partial charge in [-0.15, -0.1) is 0 Å². The lowest BCUT2D eigenvalue weighted by atomic mass is 10.4. The third kappa shape index (κ3) is 2.77. The van der Waals surface area contributed by atoms with Crippen LogP contribution in [0.4, 0.5) is 0 Å². The predicted octanol–water partition coefficient (Wildman–Crippen LogP) is -0.625. The summed E-state index contributed by atoms with van der Waals surface area (Å²) < 4.78 is 9.47. The van der Waals surface area contributed by atoms with E-state index in [1.165, 1.54) is 9.13 Å². The molecule has 2 rings (SSSR count). The van der Waals surface area contributed by atoms with Gasteiger partial charge in [0.2, 0.25) is 0 Å². The van der Waals surface area contributed by atoms with Crippen molar-refractivity contribution in [2.75, 3.05) is 20.3 Å². The number of methoxy groups -OCH3 is 1. The predicted molar refractivity (Wildman–Crippen MR) is 79.5 cm³/mol. The second kappa shape index (κ2) is 6.68. The van der Waals surface area contributed by atoms with Gasteiger partial charge in [0.1, 0.15) is 0 Å². The van der Waals surface area contributed by atoms with Gasteiger partial charge < -0.3 is 15.0 Å². The van der Waals surface area contributed by atoms with E-state index in [4.69, 9.17) is 10.5 Å². The Bertz CT molecular complexity index is 728. The maximum absolute atomic E-state index is 12.5. The Hall–Kier alpha value is -1.93. The van der Waals surface area contributed by atoms with Crippen LogP contribution in [0.2, 0.25) is 0 Å². The molecule has 0 aliphatic heterocycles. The Morgan fingerprint density at radius 3 is 2.67 bits per heavy atom. The van der Waals surface area contributed by atoms with Crippen molar-refractivity contribution in [1.29, 1.82) is 0 Å². The highest BCUT2D eigenvalue weighted by atomic mass is 16.5. The number of hydrogen-bond donors (Lipinski definition) is 1. The molecule has 0 bridgehead atoms. The first kappa shape index (κ1) is 15.5. The van der Waals surface area contributed by atoms with Gasteiger partial charge in [0.25, 0.3) is 5.56 Å². The summed E-state index contributed by atoms with van der Waals surface area (Å²) >= 11 is 0. The van der Waals surface area contributed by atoms with Gasteiger partial charge in [-0.1, -0.05) is 0 Å². The van der Waals surface area contributed by atoms with Gasteiger partial charge in [-0.25, -0.2) is 9.78 Å². The minimum Gasteiger partial charge on any atom is -0.385 e. The van der Waals surface area contributed by atoms with E-state index < -0.39 is 0 Å². The van der Waals surface area contributed by atoms with Crippen LogP contribution < -0.4 is 17.0 Å². The van der Waals surface area contributed by atoms with E-state index in [0.717, 1.165) is 0 Å². The number of nitrogens with two attached hydrogens (primary N) is 1. The lowest BCUT2D eigenvalue weighted by Gasteiger charge is -2.11. The Labute approximate surface area is 121 Å². The molecule has 0 aliphatic rings. The van der Waals surface area contributed by atoms with Gasteiger partial charge in [0, 0.05) is 39.9 Å². The Morgan fingerprint density at radius 1 is 1.29 bits per heavy atom. The zero-order valence-corrected chi connectivity index (χ0v) is 12.4. The molecule has 0 fully saturated rings. The van der Waals surface area contributed by atoms with Crippen LogP contribution in [0.1, 0.15) is 13.3 Å². The molecule has 116 valence electrons. The normalized spacial score (nSPS) is 11.4. The van der Waals surface area contributed by atoms with Crippen molar-refractivity contribution in [2.24, 2.45) is 5.73 Å². The van der Waals surface area contributed by atoms with Crippen LogP contribution in [0.25, 0.3) is 11.2 Å². The van der Waals surface area contributed by atoms with Crippen LogP contribution in [0, 0.1) is 0 Å². The van der Waals surface area contributed by atoms with E-state index in [-0.39, 0.29) is 24.3 Å². The van der Waals surface area contributed by atoms with Crippen molar-refractivity contribution in [2.45, 2.75) is 33.0 Å². The van der Waals surface area contributed by atoms with Gasteiger partial charge in [-0.3, -0.25) is 13.9 Å². The largest absolute Gasteiger partial charge is 0.385 e. The molecule has 2 aromatic rings. The quantitative estimate of drug-likeness (QED) is 0.686. The first-order valence-corrected chi connectivity index (χ1v) is 7.03. The third-order valence-corrected chi connectivity index (χ3v) is 3.41. The molecule has 0 aliphatic carbocycles. The van der Waals surface area contributed by atoms with Crippen LogP contribution in [0.5, 0.6) is 0 Å². The number of aromatic nitrogens is 4. The van der Waals surface area contributed by atoms with Crippen LogP contribution in [0.3, 0.4) is 0 Å². The first-order chi connectivity index (χ1) is 10.2. The number of imidazole rings is 1. The van der Waals surface area contributed by atoms with Crippen molar-refractivity contribution in [3.63, 3.8) is 0 Å². The summed E-state index contributed by atoms with van der Waals surface area (Å²) in [5.41, 5.74) is 5.69. The lowest BCUT2D eigenvalue weighted by Crippen LogP contribution is -2.42. The molecule has 0 saturated heterocycles. The highest BCUT2D eigenvalue weighted by Crippen LogP contribution is 2.07. The molecule has 0 atom stereocenters. The van der Waals surface area contributed by atoms with Crippen LogP contribution >= 0.6 is 0 Å². The van der Waals surface area contributed by atoms with E-state index in [9.17, 15) is 9.59 Å². The van der Waals surface area contributed by atoms with Crippen molar-refractivity contribution >= 4 is 11.2 Å². The van der Waals surface area contributed by atoms with Gasteiger partial charge in [0.15, 0.2) is 11.2 Å². The molecule has 0 unspecified atom stereocenters. The summed E-state index contributed by atoms with van der Waals surface area (Å²) in [6, 6.07) is 0. The molecule has 0 aromatic carbocycles. The second-order valence-corrected chi connectivity index (χ2v) is 4.73. The molecular formula is C13H21N5O3. The standard InChI is InChI=1S/C13H21N5O3/c1-3-16-9-15-11-10(16)12(19)18(7-5-14)13(20)17(11)6-4-8-21-2/h9H,3-8,14H2,1-2H3. The lowest BCUT2D eigenvalue weighted by molar-refractivity contribution is 0.190. The summed E-state index contributed by atoms with van der Waals surface area (Å²) in [4.78, 5) is 29.2. The Kier molecular flexibility index (Phi) is 4.92. The maximum atomic E-state index is 12.5. The number of ether oxygens (including phenoxy) is 1.